The Hall–Kier alpha value is -2.87. The molecule has 1 aliphatic carbocycles. The van der Waals surface area contributed by atoms with Crippen molar-refractivity contribution in [1.29, 1.82) is 0 Å². The Kier molecular flexibility index (Phi) is 9.76. The molecule has 1 fully saturated rings. The minimum absolute atomic E-state index is 0.0566. The number of carbonyl (C=O) groups excluding carboxylic acids is 3. The molecule has 1 heterocycles. The highest BCUT2D eigenvalue weighted by atomic mass is 16.5. The normalized spacial score (nSPS) is 21.6. The highest BCUT2D eigenvalue weighted by Crippen LogP contribution is 2.36. The van der Waals surface area contributed by atoms with Crippen LogP contribution in [-0.2, 0) is 14.4 Å². The molecule has 204 valence electrons. The summed E-state index contributed by atoms with van der Waals surface area (Å²) in [6, 6.07) is 5.41. The van der Waals surface area contributed by atoms with Crippen molar-refractivity contribution in [3.63, 3.8) is 0 Å². The molecule has 1 aromatic rings. The lowest BCUT2D eigenvalue weighted by Crippen LogP contribution is -2.60. The maximum absolute atomic E-state index is 14.3. The van der Waals surface area contributed by atoms with Crippen LogP contribution in [0.25, 0.3) is 0 Å². The van der Waals surface area contributed by atoms with Gasteiger partial charge in [-0.1, -0.05) is 52.0 Å². The summed E-state index contributed by atoms with van der Waals surface area (Å²) < 4.78 is 5.30. The Bertz CT molecular complexity index is 970. The molecule has 3 amide bonds. The zero-order valence-corrected chi connectivity index (χ0v) is 22.8. The number of ether oxygens (including phenoxy) is 1. The maximum Gasteiger partial charge on any atom is 0.252 e. The number of hydrogen-bond acceptors (Lipinski definition) is 5. The van der Waals surface area contributed by atoms with Gasteiger partial charge in [-0.25, -0.2) is 0 Å². The Labute approximate surface area is 220 Å². The van der Waals surface area contributed by atoms with Gasteiger partial charge >= 0.3 is 0 Å². The van der Waals surface area contributed by atoms with Gasteiger partial charge in [0, 0.05) is 6.54 Å². The molecule has 3 N–H and O–H groups in total. The number of benzene rings is 1. The van der Waals surface area contributed by atoms with E-state index in [2.05, 4.69) is 0 Å². The monoisotopic (exact) mass is 513 g/mol. The summed E-state index contributed by atoms with van der Waals surface area (Å²) in [5.41, 5.74) is 6.76. The minimum atomic E-state index is -1.32. The van der Waals surface area contributed by atoms with Crippen molar-refractivity contribution in [2.75, 3.05) is 13.7 Å². The van der Waals surface area contributed by atoms with Crippen LogP contribution < -0.4 is 10.5 Å². The number of hydrogen-bond donors (Lipinski definition) is 2. The Morgan fingerprint density at radius 3 is 2.24 bits per heavy atom. The van der Waals surface area contributed by atoms with Crippen LogP contribution in [0.4, 0.5) is 0 Å². The van der Waals surface area contributed by atoms with Gasteiger partial charge in [0.25, 0.3) is 5.91 Å². The predicted molar refractivity (Wildman–Crippen MR) is 142 cm³/mol. The molecule has 1 aliphatic heterocycles. The summed E-state index contributed by atoms with van der Waals surface area (Å²) in [5, 5.41) is 10.8. The molecule has 3 rings (SSSR count). The van der Waals surface area contributed by atoms with E-state index >= 15 is 0 Å². The third-order valence-electron chi connectivity index (χ3n) is 7.12. The summed E-state index contributed by atoms with van der Waals surface area (Å²) in [5.74, 6) is -0.241. The summed E-state index contributed by atoms with van der Waals surface area (Å²) in [7, 11) is 1.61. The highest BCUT2D eigenvalue weighted by molar-refractivity contribution is 5.94. The van der Waals surface area contributed by atoms with Crippen LogP contribution in [0.2, 0.25) is 0 Å². The van der Waals surface area contributed by atoms with Gasteiger partial charge in [0.05, 0.1) is 13.2 Å². The fourth-order valence-electron chi connectivity index (χ4n) is 5.03. The molecule has 0 spiro atoms. The SMILES string of the molecule is COc1ccc([C@@H]2C=CC[C@H](N(C(=O)[C@@H](O)CC(C)C)[C@@H](CC(C)C)C(N)=O)C(=O)N2CC2CC2)cc1. The second-order valence-corrected chi connectivity index (χ2v) is 11.3. The molecular formula is C29H43N3O5. The zero-order chi connectivity index (χ0) is 27.3. The fourth-order valence-corrected chi connectivity index (χ4v) is 5.03. The smallest absolute Gasteiger partial charge is 0.252 e. The van der Waals surface area contributed by atoms with E-state index in [1.54, 1.807) is 7.11 Å². The van der Waals surface area contributed by atoms with Crippen molar-refractivity contribution < 1.29 is 24.2 Å². The van der Waals surface area contributed by atoms with E-state index in [0.717, 1.165) is 24.2 Å². The number of nitrogens with zero attached hydrogens (tertiary/aromatic N) is 2. The van der Waals surface area contributed by atoms with Crippen LogP contribution in [0.5, 0.6) is 5.75 Å². The van der Waals surface area contributed by atoms with Gasteiger partial charge in [-0.15, -0.1) is 0 Å². The maximum atomic E-state index is 14.3. The Morgan fingerprint density at radius 1 is 1.11 bits per heavy atom. The second kappa shape index (κ2) is 12.6. The standard InChI is InChI=1S/C29H43N3O5/c1-18(2)15-25(27(30)34)32(29(36)26(33)16-19(3)4)24-8-6-7-23(21-11-13-22(37-5)14-12-21)31(28(24)35)17-20-9-10-20/h6-7,11-14,18-20,23-26,33H,8-10,15-17H2,1-5H3,(H2,30,34)/t23-,24-,25-,26-/m0/s1. The van der Waals surface area contributed by atoms with E-state index in [0.29, 0.717) is 18.9 Å². The first-order valence-electron chi connectivity index (χ1n) is 13.4. The molecule has 0 bridgehead atoms. The molecule has 1 saturated carbocycles. The second-order valence-electron chi connectivity index (χ2n) is 11.3. The molecule has 0 unspecified atom stereocenters. The van der Waals surface area contributed by atoms with Gasteiger partial charge in [0.1, 0.15) is 23.9 Å². The first-order chi connectivity index (χ1) is 17.5. The number of aliphatic hydroxyl groups excluding tert-OH is 1. The lowest BCUT2D eigenvalue weighted by Gasteiger charge is -2.40. The number of aliphatic hydroxyl groups is 1. The summed E-state index contributed by atoms with van der Waals surface area (Å²) >= 11 is 0. The molecule has 1 aromatic carbocycles. The molecule has 0 radical (unpaired) electrons. The molecular weight excluding hydrogens is 470 g/mol. The van der Waals surface area contributed by atoms with Crippen LogP contribution in [0, 0.1) is 17.8 Å². The fraction of sp³-hybridized carbons (Fsp3) is 0.621. The first-order valence-corrected chi connectivity index (χ1v) is 13.4. The van der Waals surface area contributed by atoms with Crippen molar-refractivity contribution in [2.24, 2.45) is 23.5 Å². The average molecular weight is 514 g/mol. The molecule has 8 nitrogen and oxygen atoms in total. The zero-order valence-electron chi connectivity index (χ0n) is 22.8. The van der Waals surface area contributed by atoms with Gasteiger partial charge in [0.2, 0.25) is 11.8 Å². The van der Waals surface area contributed by atoms with Gasteiger partial charge in [-0.2, -0.15) is 0 Å². The van der Waals surface area contributed by atoms with Crippen LogP contribution in [0.3, 0.4) is 0 Å². The van der Waals surface area contributed by atoms with E-state index in [4.69, 9.17) is 10.5 Å². The van der Waals surface area contributed by atoms with Crippen LogP contribution in [0.1, 0.15) is 71.4 Å². The number of primary amides is 1. The van der Waals surface area contributed by atoms with Crippen molar-refractivity contribution >= 4 is 17.7 Å². The molecule has 4 atom stereocenters. The van der Waals surface area contributed by atoms with Crippen molar-refractivity contribution in [2.45, 2.75) is 84.0 Å². The molecule has 0 saturated heterocycles. The third-order valence-corrected chi connectivity index (χ3v) is 7.12. The first kappa shape index (κ1) is 28.7. The van der Waals surface area contributed by atoms with E-state index in [9.17, 15) is 19.5 Å². The largest absolute Gasteiger partial charge is 0.497 e. The van der Waals surface area contributed by atoms with Crippen LogP contribution in [-0.4, -0.2) is 64.5 Å². The Morgan fingerprint density at radius 2 is 1.73 bits per heavy atom. The van der Waals surface area contributed by atoms with Crippen molar-refractivity contribution in [3.8, 4) is 5.75 Å². The highest BCUT2D eigenvalue weighted by Gasteiger charge is 2.44. The summed E-state index contributed by atoms with van der Waals surface area (Å²) in [6.45, 7) is 8.28. The third kappa shape index (κ3) is 7.34. The van der Waals surface area contributed by atoms with Gasteiger partial charge in [0.15, 0.2) is 0 Å². The quantitative estimate of drug-likeness (QED) is 0.416. The molecule has 2 aliphatic rings. The van der Waals surface area contributed by atoms with Gasteiger partial charge < -0.3 is 25.4 Å². The lowest BCUT2D eigenvalue weighted by molar-refractivity contribution is -0.157. The number of nitrogens with two attached hydrogens (primary N) is 1. The Balaban J connectivity index is 2.02. The van der Waals surface area contributed by atoms with E-state index in [1.165, 1.54) is 4.90 Å². The lowest BCUT2D eigenvalue weighted by atomic mass is 9.96. The number of methoxy groups -OCH3 is 1. The average Bonchev–Trinajstić information content (AvgIpc) is 3.68. The van der Waals surface area contributed by atoms with Crippen molar-refractivity contribution in [3.05, 3.63) is 42.0 Å². The number of rotatable bonds is 12. The van der Waals surface area contributed by atoms with Gasteiger partial charge in [-0.3, -0.25) is 14.4 Å². The molecule has 0 aromatic heterocycles. The van der Waals surface area contributed by atoms with Crippen LogP contribution >= 0.6 is 0 Å². The van der Waals surface area contributed by atoms with Crippen molar-refractivity contribution in [1.82, 2.24) is 9.80 Å². The van der Waals surface area contributed by atoms with Gasteiger partial charge in [-0.05, 0) is 67.6 Å². The number of carbonyl (C=O) groups is 3. The van der Waals surface area contributed by atoms with E-state index in [-0.39, 0.29) is 36.6 Å². The number of amides is 3. The molecule has 8 heteroatoms. The predicted octanol–water partition coefficient (Wildman–Crippen LogP) is 3.44. The van der Waals surface area contributed by atoms with E-state index in [1.807, 2.05) is 69.0 Å². The summed E-state index contributed by atoms with van der Waals surface area (Å²) in [4.78, 5) is 43.7. The minimum Gasteiger partial charge on any atom is -0.497 e. The van der Waals surface area contributed by atoms with E-state index < -0.39 is 30.0 Å². The van der Waals surface area contributed by atoms with Crippen LogP contribution in [0.15, 0.2) is 36.4 Å². The molecule has 37 heavy (non-hydrogen) atoms. The summed E-state index contributed by atoms with van der Waals surface area (Å²) in [6.07, 6.45) is 5.50. The topological polar surface area (TPSA) is 113 Å².